The van der Waals surface area contributed by atoms with Crippen molar-refractivity contribution in [3.05, 3.63) is 18.5 Å². The van der Waals surface area contributed by atoms with E-state index in [1.807, 2.05) is 11.0 Å². The number of carbonyl (C=O) groups is 1. The van der Waals surface area contributed by atoms with Crippen LogP contribution >= 0.6 is 11.8 Å². The Morgan fingerprint density at radius 2 is 2.29 bits per heavy atom. The molecule has 1 aliphatic rings. The molecule has 0 aromatic carbocycles. The molecule has 0 radical (unpaired) electrons. The van der Waals surface area contributed by atoms with Crippen LogP contribution in [-0.4, -0.2) is 47.8 Å². The lowest BCUT2D eigenvalue weighted by atomic mass is 10.4. The van der Waals surface area contributed by atoms with Crippen molar-refractivity contribution in [2.24, 2.45) is 0 Å². The zero-order valence-electron chi connectivity index (χ0n) is 9.46. The number of aromatic nitrogens is 1. The maximum absolute atomic E-state index is 11.9. The number of nitrogens with two attached hydrogens (primary N) is 1. The van der Waals surface area contributed by atoms with Crippen molar-refractivity contribution in [2.45, 2.75) is 4.90 Å². The third-order valence-electron chi connectivity index (χ3n) is 2.53. The smallest absolute Gasteiger partial charge is 0.233 e. The summed E-state index contributed by atoms with van der Waals surface area (Å²) in [5, 5.41) is 0. The Morgan fingerprint density at radius 3 is 3.00 bits per heavy atom. The number of hydrogen-bond acceptors (Lipinski definition) is 5. The molecule has 6 heteroatoms. The van der Waals surface area contributed by atoms with Gasteiger partial charge in [-0.1, -0.05) is 0 Å². The molecule has 5 nitrogen and oxygen atoms in total. The van der Waals surface area contributed by atoms with E-state index in [0.29, 0.717) is 37.7 Å². The summed E-state index contributed by atoms with van der Waals surface area (Å²) in [7, 11) is 0. The van der Waals surface area contributed by atoms with Crippen LogP contribution in [0.15, 0.2) is 23.4 Å². The number of ether oxygens (including phenoxy) is 1. The molecular formula is C11H15N3O2S. The van der Waals surface area contributed by atoms with Gasteiger partial charge in [-0.3, -0.25) is 9.78 Å². The van der Waals surface area contributed by atoms with Gasteiger partial charge < -0.3 is 15.4 Å². The van der Waals surface area contributed by atoms with Crippen LogP contribution in [0.4, 0.5) is 5.69 Å². The molecule has 1 aromatic rings. The maximum atomic E-state index is 11.9. The predicted octanol–water partition coefficient (Wildman–Crippen LogP) is 0.615. The first-order valence-electron chi connectivity index (χ1n) is 5.45. The minimum Gasteiger partial charge on any atom is -0.397 e. The molecule has 1 aromatic heterocycles. The van der Waals surface area contributed by atoms with Gasteiger partial charge in [0.2, 0.25) is 5.91 Å². The summed E-state index contributed by atoms with van der Waals surface area (Å²) in [6.07, 6.45) is 3.28. The Bertz CT molecular complexity index is 394. The topological polar surface area (TPSA) is 68.5 Å². The van der Waals surface area contributed by atoms with E-state index in [1.165, 1.54) is 11.8 Å². The van der Waals surface area contributed by atoms with Crippen molar-refractivity contribution in [3.8, 4) is 0 Å². The monoisotopic (exact) mass is 253 g/mol. The number of morpholine rings is 1. The van der Waals surface area contributed by atoms with E-state index in [-0.39, 0.29) is 5.91 Å². The highest BCUT2D eigenvalue weighted by Crippen LogP contribution is 2.23. The van der Waals surface area contributed by atoms with Crippen LogP contribution in [-0.2, 0) is 9.53 Å². The van der Waals surface area contributed by atoms with Crippen molar-refractivity contribution in [3.63, 3.8) is 0 Å². The third kappa shape index (κ3) is 3.34. The molecule has 1 saturated heterocycles. The molecule has 17 heavy (non-hydrogen) atoms. The van der Waals surface area contributed by atoms with Gasteiger partial charge in [-0.15, -0.1) is 11.8 Å². The van der Waals surface area contributed by atoms with Crippen LogP contribution < -0.4 is 5.73 Å². The Labute approximate surface area is 104 Å². The van der Waals surface area contributed by atoms with Gasteiger partial charge in [0.25, 0.3) is 0 Å². The van der Waals surface area contributed by atoms with Crippen LogP contribution in [0.2, 0.25) is 0 Å². The van der Waals surface area contributed by atoms with Crippen molar-refractivity contribution < 1.29 is 9.53 Å². The van der Waals surface area contributed by atoms with Crippen LogP contribution in [0.5, 0.6) is 0 Å². The van der Waals surface area contributed by atoms with Crippen LogP contribution in [0.25, 0.3) is 0 Å². The molecule has 0 saturated carbocycles. The molecule has 0 aliphatic carbocycles. The van der Waals surface area contributed by atoms with E-state index in [1.54, 1.807) is 12.4 Å². The van der Waals surface area contributed by atoms with E-state index in [9.17, 15) is 4.79 Å². The number of thioether (sulfide) groups is 1. The summed E-state index contributed by atoms with van der Waals surface area (Å²) in [6, 6.07) is 1.83. The number of amides is 1. The summed E-state index contributed by atoms with van der Waals surface area (Å²) < 4.78 is 5.20. The number of rotatable bonds is 3. The first-order chi connectivity index (χ1) is 8.27. The molecule has 0 bridgehead atoms. The lowest BCUT2D eigenvalue weighted by Gasteiger charge is -2.26. The first-order valence-corrected chi connectivity index (χ1v) is 6.44. The number of hydrogen-bond donors (Lipinski definition) is 1. The highest BCUT2D eigenvalue weighted by atomic mass is 32.2. The molecule has 1 aliphatic heterocycles. The van der Waals surface area contributed by atoms with Gasteiger partial charge >= 0.3 is 0 Å². The Hall–Kier alpha value is -1.27. The minimum absolute atomic E-state index is 0.134. The second-order valence-corrected chi connectivity index (χ2v) is 4.71. The van der Waals surface area contributed by atoms with Gasteiger partial charge in [0.15, 0.2) is 0 Å². The molecule has 0 atom stereocenters. The number of anilines is 1. The van der Waals surface area contributed by atoms with Gasteiger partial charge in [-0.25, -0.2) is 0 Å². The summed E-state index contributed by atoms with van der Waals surface area (Å²) in [5.41, 5.74) is 6.37. The number of pyridine rings is 1. The van der Waals surface area contributed by atoms with E-state index in [2.05, 4.69) is 4.98 Å². The van der Waals surface area contributed by atoms with E-state index < -0.39 is 0 Å². The lowest BCUT2D eigenvalue weighted by Crippen LogP contribution is -2.41. The largest absolute Gasteiger partial charge is 0.397 e. The van der Waals surface area contributed by atoms with Gasteiger partial charge in [0.1, 0.15) is 0 Å². The molecular weight excluding hydrogens is 238 g/mol. The molecule has 0 unspecified atom stereocenters. The van der Waals surface area contributed by atoms with E-state index in [0.717, 1.165) is 4.90 Å². The van der Waals surface area contributed by atoms with Gasteiger partial charge in [-0.2, -0.15) is 0 Å². The molecule has 2 rings (SSSR count). The average molecular weight is 253 g/mol. The minimum atomic E-state index is 0.134. The zero-order chi connectivity index (χ0) is 12.1. The Balaban J connectivity index is 1.85. The van der Waals surface area contributed by atoms with E-state index >= 15 is 0 Å². The predicted molar refractivity (Wildman–Crippen MR) is 66.8 cm³/mol. The molecule has 1 fully saturated rings. The Morgan fingerprint density at radius 1 is 1.53 bits per heavy atom. The Kier molecular flexibility index (Phi) is 4.22. The molecule has 2 N–H and O–H groups in total. The van der Waals surface area contributed by atoms with Crippen molar-refractivity contribution in [1.29, 1.82) is 0 Å². The lowest BCUT2D eigenvalue weighted by molar-refractivity contribution is -0.132. The van der Waals surface area contributed by atoms with Crippen LogP contribution in [0.3, 0.4) is 0 Å². The standard InChI is InChI=1S/C11H15N3O2S/c12-9-7-13-2-1-10(9)17-8-11(15)14-3-5-16-6-4-14/h1-2,7H,3-6,8,12H2. The quantitative estimate of drug-likeness (QED) is 0.800. The molecule has 1 amide bonds. The number of nitrogen functional groups attached to an aromatic ring is 1. The highest BCUT2D eigenvalue weighted by molar-refractivity contribution is 8.00. The SMILES string of the molecule is Nc1cnccc1SCC(=O)N1CCOCC1. The third-order valence-corrected chi connectivity index (χ3v) is 3.60. The zero-order valence-corrected chi connectivity index (χ0v) is 10.3. The fourth-order valence-corrected chi connectivity index (χ4v) is 2.41. The fourth-order valence-electron chi connectivity index (χ4n) is 1.57. The van der Waals surface area contributed by atoms with Gasteiger partial charge in [0.05, 0.1) is 30.9 Å². The number of nitrogens with zero attached hydrogens (tertiary/aromatic N) is 2. The molecule has 92 valence electrons. The second kappa shape index (κ2) is 5.88. The van der Waals surface area contributed by atoms with E-state index in [4.69, 9.17) is 10.5 Å². The van der Waals surface area contributed by atoms with Crippen molar-refractivity contribution >= 4 is 23.4 Å². The fraction of sp³-hybridized carbons (Fsp3) is 0.455. The summed E-state index contributed by atoms with van der Waals surface area (Å²) in [6.45, 7) is 2.64. The number of carbonyl (C=O) groups excluding carboxylic acids is 1. The van der Waals surface area contributed by atoms with Gasteiger partial charge in [0, 0.05) is 24.2 Å². The van der Waals surface area contributed by atoms with Crippen LogP contribution in [0, 0.1) is 0 Å². The average Bonchev–Trinajstić information content (AvgIpc) is 2.38. The first kappa shape index (κ1) is 12.2. The van der Waals surface area contributed by atoms with Crippen LogP contribution in [0.1, 0.15) is 0 Å². The van der Waals surface area contributed by atoms with Crippen molar-refractivity contribution in [1.82, 2.24) is 9.88 Å². The highest BCUT2D eigenvalue weighted by Gasteiger charge is 2.16. The summed E-state index contributed by atoms with van der Waals surface area (Å²) in [5.74, 6) is 0.545. The van der Waals surface area contributed by atoms with Gasteiger partial charge in [-0.05, 0) is 6.07 Å². The molecule has 0 spiro atoms. The molecule has 2 heterocycles. The second-order valence-electron chi connectivity index (χ2n) is 3.70. The summed E-state index contributed by atoms with van der Waals surface area (Å²) >= 11 is 1.45. The van der Waals surface area contributed by atoms with Crippen molar-refractivity contribution in [2.75, 3.05) is 37.8 Å². The normalized spacial score (nSPS) is 15.9. The summed E-state index contributed by atoms with van der Waals surface area (Å²) in [4.78, 5) is 18.5. The maximum Gasteiger partial charge on any atom is 0.233 e.